The molecule has 0 amide bonds. The number of nitrogens with zero attached hydrogens (tertiary/aromatic N) is 2. The molecule has 1 heterocycles. The molecule has 0 saturated carbocycles. The minimum absolute atomic E-state index is 0.238. The van der Waals surface area contributed by atoms with E-state index >= 15 is 0 Å². The van der Waals surface area contributed by atoms with Crippen LogP contribution in [0.4, 0.5) is 0 Å². The number of amidine groups is 1. The van der Waals surface area contributed by atoms with Crippen molar-refractivity contribution in [1.82, 2.24) is 4.90 Å². The van der Waals surface area contributed by atoms with Crippen molar-refractivity contribution in [3.8, 4) is 5.75 Å². The van der Waals surface area contributed by atoms with Crippen LogP contribution in [-0.2, 0) is 16.6 Å². The molecule has 1 aliphatic rings. The van der Waals surface area contributed by atoms with Crippen LogP contribution in [-0.4, -0.2) is 32.8 Å². The Morgan fingerprint density at radius 3 is 2.40 bits per heavy atom. The van der Waals surface area contributed by atoms with Crippen LogP contribution in [0.5, 0.6) is 5.75 Å². The number of benzene rings is 2. The number of sulfonamides is 1. The summed E-state index contributed by atoms with van der Waals surface area (Å²) in [5, 5.41) is 0. The molecule has 0 spiro atoms. The van der Waals surface area contributed by atoms with Crippen LogP contribution in [0.25, 0.3) is 0 Å². The lowest BCUT2D eigenvalue weighted by Gasteiger charge is -2.19. The van der Waals surface area contributed by atoms with Crippen LogP contribution in [0.15, 0.2) is 57.8 Å². The number of likely N-dealkylation sites (tertiary alicyclic amines) is 1. The van der Waals surface area contributed by atoms with Crippen molar-refractivity contribution in [3.63, 3.8) is 0 Å². The molecule has 0 unspecified atom stereocenters. The van der Waals surface area contributed by atoms with E-state index in [1.165, 1.54) is 0 Å². The van der Waals surface area contributed by atoms with Gasteiger partial charge in [0.2, 0.25) is 0 Å². The van der Waals surface area contributed by atoms with Gasteiger partial charge in [-0.2, -0.15) is 8.42 Å². The Labute approximate surface area is 149 Å². The molecular formula is C19H22N2O3S. The van der Waals surface area contributed by atoms with Gasteiger partial charge in [0, 0.05) is 19.5 Å². The first-order valence-corrected chi connectivity index (χ1v) is 9.70. The van der Waals surface area contributed by atoms with Gasteiger partial charge in [-0.3, -0.25) is 0 Å². The number of aryl methyl sites for hydroxylation is 1. The van der Waals surface area contributed by atoms with Crippen LogP contribution in [0.1, 0.15) is 24.0 Å². The van der Waals surface area contributed by atoms with Gasteiger partial charge < -0.3 is 9.64 Å². The lowest BCUT2D eigenvalue weighted by molar-refractivity contribution is 0.413. The van der Waals surface area contributed by atoms with Gasteiger partial charge in [0.25, 0.3) is 10.0 Å². The number of methoxy groups -OCH3 is 1. The third kappa shape index (κ3) is 4.20. The Morgan fingerprint density at radius 1 is 1.08 bits per heavy atom. The molecule has 25 heavy (non-hydrogen) atoms. The molecule has 1 fully saturated rings. The van der Waals surface area contributed by atoms with Crippen molar-refractivity contribution in [3.05, 3.63) is 59.7 Å². The van der Waals surface area contributed by atoms with E-state index in [0.29, 0.717) is 18.8 Å². The summed E-state index contributed by atoms with van der Waals surface area (Å²) in [5.74, 6) is 1.44. The van der Waals surface area contributed by atoms with Crippen LogP contribution in [0.3, 0.4) is 0 Å². The number of hydrogen-bond acceptors (Lipinski definition) is 3. The quantitative estimate of drug-likeness (QED) is 0.822. The maximum atomic E-state index is 12.6. The lowest BCUT2D eigenvalue weighted by atomic mass is 10.2. The van der Waals surface area contributed by atoms with Crippen molar-refractivity contribution in [2.75, 3.05) is 13.7 Å². The fraction of sp³-hybridized carbons (Fsp3) is 0.316. The summed E-state index contributed by atoms with van der Waals surface area (Å²) < 4.78 is 34.4. The number of hydrogen-bond donors (Lipinski definition) is 0. The van der Waals surface area contributed by atoms with E-state index in [1.807, 2.05) is 36.1 Å². The largest absolute Gasteiger partial charge is 0.497 e. The molecule has 0 N–H and O–H groups in total. The van der Waals surface area contributed by atoms with E-state index in [0.717, 1.165) is 29.8 Å². The van der Waals surface area contributed by atoms with Gasteiger partial charge in [-0.1, -0.05) is 29.8 Å². The molecule has 1 saturated heterocycles. The van der Waals surface area contributed by atoms with E-state index in [9.17, 15) is 8.42 Å². The van der Waals surface area contributed by atoms with Gasteiger partial charge in [-0.05, 0) is 43.2 Å². The maximum absolute atomic E-state index is 12.6. The molecule has 1 aliphatic heterocycles. The molecular weight excluding hydrogens is 336 g/mol. The summed E-state index contributed by atoms with van der Waals surface area (Å²) in [4.78, 5) is 2.27. The van der Waals surface area contributed by atoms with E-state index in [-0.39, 0.29) is 4.90 Å². The summed E-state index contributed by atoms with van der Waals surface area (Å²) in [6.07, 6.45) is 1.60. The Morgan fingerprint density at radius 2 is 1.76 bits per heavy atom. The maximum Gasteiger partial charge on any atom is 0.283 e. The zero-order valence-electron chi connectivity index (χ0n) is 14.5. The van der Waals surface area contributed by atoms with Crippen LogP contribution >= 0.6 is 0 Å². The molecule has 0 aliphatic carbocycles. The molecule has 0 bridgehead atoms. The normalized spacial score (nSPS) is 16.4. The highest BCUT2D eigenvalue weighted by Crippen LogP contribution is 2.21. The topological polar surface area (TPSA) is 59.0 Å². The third-order valence-corrected chi connectivity index (χ3v) is 5.59. The van der Waals surface area contributed by atoms with E-state index < -0.39 is 10.0 Å². The third-order valence-electron chi connectivity index (χ3n) is 4.27. The second-order valence-electron chi connectivity index (χ2n) is 6.17. The van der Waals surface area contributed by atoms with Crippen LogP contribution in [0, 0.1) is 6.92 Å². The SMILES string of the molecule is COc1ccc(CN2CCC/C2=N\S(=O)(=O)c2ccc(C)cc2)cc1. The molecule has 132 valence electrons. The Balaban J connectivity index is 1.80. The predicted molar refractivity (Wildman–Crippen MR) is 98.4 cm³/mol. The molecule has 0 atom stereocenters. The summed E-state index contributed by atoms with van der Waals surface area (Å²) in [7, 11) is -2.03. The average Bonchev–Trinajstić information content (AvgIpc) is 3.02. The van der Waals surface area contributed by atoms with Crippen LogP contribution < -0.4 is 4.74 Å². The zero-order valence-corrected chi connectivity index (χ0v) is 15.3. The van der Waals surface area contributed by atoms with Crippen molar-refractivity contribution >= 4 is 15.9 Å². The minimum Gasteiger partial charge on any atom is -0.497 e. The summed E-state index contributed by atoms with van der Waals surface area (Å²) >= 11 is 0. The summed E-state index contributed by atoms with van der Waals surface area (Å²) in [6, 6.07) is 14.6. The van der Waals surface area contributed by atoms with Gasteiger partial charge in [-0.25, -0.2) is 0 Å². The van der Waals surface area contributed by atoms with E-state index in [2.05, 4.69) is 4.40 Å². The molecule has 0 aromatic heterocycles. The number of rotatable bonds is 5. The molecule has 3 rings (SSSR count). The monoisotopic (exact) mass is 358 g/mol. The Bertz CT molecular complexity index is 857. The smallest absolute Gasteiger partial charge is 0.283 e. The summed E-state index contributed by atoms with van der Waals surface area (Å²) in [6.45, 7) is 3.39. The average molecular weight is 358 g/mol. The van der Waals surface area contributed by atoms with E-state index in [4.69, 9.17) is 4.74 Å². The fourth-order valence-electron chi connectivity index (χ4n) is 2.84. The van der Waals surface area contributed by atoms with Crippen molar-refractivity contribution in [1.29, 1.82) is 0 Å². The van der Waals surface area contributed by atoms with Crippen molar-refractivity contribution in [2.45, 2.75) is 31.2 Å². The molecule has 6 heteroatoms. The van der Waals surface area contributed by atoms with Gasteiger partial charge in [0.1, 0.15) is 11.6 Å². The van der Waals surface area contributed by atoms with Crippen molar-refractivity contribution < 1.29 is 13.2 Å². The number of ether oxygens (including phenoxy) is 1. The molecule has 0 radical (unpaired) electrons. The first-order chi connectivity index (χ1) is 12.0. The minimum atomic E-state index is -3.67. The Hall–Kier alpha value is -2.34. The first-order valence-electron chi connectivity index (χ1n) is 8.26. The van der Waals surface area contributed by atoms with E-state index in [1.54, 1.807) is 31.4 Å². The Kier molecular flexibility index (Phi) is 5.08. The highest BCUT2D eigenvalue weighted by Gasteiger charge is 2.23. The van der Waals surface area contributed by atoms with Gasteiger partial charge in [-0.15, -0.1) is 4.40 Å². The van der Waals surface area contributed by atoms with Gasteiger partial charge >= 0.3 is 0 Å². The summed E-state index contributed by atoms with van der Waals surface area (Å²) in [5.41, 5.74) is 2.12. The van der Waals surface area contributed by atoms with Gasteiger partial charge in [0.15, 0.2) is 0 Å². The highest BCUT2D eigenvalue weighted by molar-refractivity contribution is 7.90. The molecule has 2 aromatic rings. The van der Waals surface area contributed by atoms with Crippen LogP contribution in [0.2, 0.25) is 0 Å². The second-order valence-corrected chi connectivity index (χ2v) is 7.77. The molecule has 5 nitrogen and oxygen atoms in total. The standard InChI is InChI=1S/C19H22N2O3S/c1-15-5-11-18(12-6-15)25(22,23)20-19-4-3-13-21(19)14-16-7-9-17(24-2)10-8-16/h5-12H,3-4,13-14H2,1-2H3/b20-19+. The predicted octanol–water partition coefficient (Wildman–Crippen LogP) is 3.39. The molecule has 2 aromatic carbocycles. The first kappa shape index (κ1) is 17.5. The second kappa shape index (κ2) is 7.27. The lowest BCUT2D eigenvalue weighted by Crippen LogP contribution is -2.25. The van der Waals surface area contributed by atoms with Crippen molar-refractivity contribution in [2.24, 2.45) is 4.40 Å². The zero-order chi connectivity index (χ0) is 17.9. The highest BCUT2D eigenvalue weighted by atomic mass is 32.2. The fourth-order valence-corrected chi connectivity index (χ4v) is 3.91. The van der Waals surface area contributed by atoms with Gasteiger partial charge in [0.05, 0.1) is 12.0 Å².